The fourth-order valence-electron chi connectivity index (χ4n) is 2.22. The quantitative estimate of drug-likeness (QED) is 0.816. The van der Waals surface area contributed by atoms with E-state index in [1.54, 1.807) is 0 Å². The Hall–Kier alpha value is -0.960. The van der Waals surface area contributed by atoms with Gasteiger partial charge in [-0.3, -0.25) is 0 Å². The maximum Gasteiger partial charge on any atom is 0.252 e. The summed E-state index contributed by atoms with van der Waals surface area (Å²) in [6.45, 7) is 1.13. The molecule has 16 heavy (non-hydrogen) atoms. The van der Waals surface area contributed by atoms with Crippen molar-refractivity contribution < 1.29 is 8.78 Å². The van der Waals surface area contributed by atoms with Gasteiger partial charge in [0.05, 0.1) is 0 Å². The summed E-state index contributed by atoms with van der Waals surface area (Å²) in [5.41, 5.74) is 1.01. The molecular formula is C13H17F2N. The zero-order valence-electron chi connectivity index (χ0n) is 9.26. The van der Waals surface area contributed by atoms with Crippen molar-refractivity contribution in [1.82, 2.24) is 5.32 Å². The van der Waals surface area contributed by atoms with Crippen LogP contribution in [-0.4, -0.2) is 19.0 Å². The summed E-state index contributed by atoms with van der Waals surface area (Å²) in [6.07, 6.45) is 1.00. The van der Waals surface area contributed by atoms with E-state index in [1.165, 1.54) is 0 Å². The maximum atomic E-state index is 13.8. The summed E-state index contributed by atoms with van der Waals surface area (Å²) >= 11 is 0. The second-order valence-corrected chi connectivity index (χ2v) is 4.44. The Balaban J connectivity index is 2.07. The third-order valence-electron chi connectivity index (χ3n) is 3.23. The van der Waals surface area contributed by atoms with E-state index in [2.05, 4.69) is 5.32 Å². The minimum absolute atomic E-state index is 0.0372. The van der Waals surface area contributed by atoms with Gasteiger partial charge >= 0.3 is 0 Å². The van der Waals surface area contributed by atoms with Gasteiger partial charge in [-0.1, -0.05) is 30.3 Å². The Morgan fingerprint density at radius 1 is 1.19 bits per heavy atom. The lowest BCUT2D eigenvalue weighted by Crippen LogP contribution is -2.29. The van der Waals surface area contributed by atoms with Crippen LogP contribution in [-0.2, 0) is 6.42 Å². The number of benzene rings is 1. The highest BCUT2D eigenvalue weighted by Crippen LogP contribution is 2.34. The second kappa shape index (κ2) is 4.91. The summed E-state index contributed by atoms with van der Waals surface area (Å²) in [5, 5.41) is 3.04. The highest BCUT2D eigenvalue weighted by molar-refractivity contribution is 5.15. The topological polar surface area (TPSA) is 12.0 Å². The molecule has 1 heterocycles. The Morgan fingerprint density at radius 3 is 2.69 bits per heavy atom. The van der Waals surface area contributed by atoms with Gasteiger partial charge < -0.3 is 5.32 Å². The summed E-state index contributed by atoms with van der Waals surface area (Å²) in [5.74, 6) is -3.05. The third-order valence-corrected chi connectivity index (χ3v) is 3.23. The van der Waals surface area contributed by atoms with Crippen molar-refractivity contribution in [2.75, 3.05) is 13.1 Å². The van der Waals surface area contributed by atoms with Gasteiger partial charge in [0.25, 0.3) is 5.92 Å². The minimum Gasteiger partial charge on any atom is -0.316 e. The van der Waals surface area contributed by atoms with Gasteiger partial charge in [-0.15, -0.1) is 0 Å². The first-order valence-electron chi connectivity index (χ1n) is 5.81. The van der Waals surface area contributed by atoms with E-state index in [1.807, 2.05) is 30.3 Å². The number of hydrogen-bond donors (Lipinski definition) is 1. The van der Waals surface area contributed by atoms with Gasteiger partial charge in [0.15, 0.2) is 0 Å². The summed E-state index contributed by atoms with van der Waals surface area (Å²) in [7, 11) is 0. The van der Waals surface area contributed by atoms with E-state index in [9.17, 15) is 8.78 Å². The molecule has 1 unspecified atom stereocenters. The van der Waals surface area contributed by atoms with Gasteiger partial charge in [0.2, 0.25) is 0 Å². The molecule has 1 nitrogen and oxygen atoms in total. The largest absolute Gasteiger partial charge is 0.316 e. The van der Waals surface area contributed by atoms with Crippen molar-refractivity contribution in [3.63, 3.8) is 0 Å². The lowest BCUT2D eigenvalue weighted by atomic mass is 9.89. The molecule has 1 aromatic rings. The minimum atomic E-state index is -2.53. The molecule has 1 aromatic carbocycles. The predicted molar refractivity (Wildman–Crippen MR) is 60.7 cm³/mol. The van der Waals surface area contributed by atoms with Gasteiger partial charge in [-0.05, 0) is 24.9 Å². The average molecular weight is 225 g/mol. The van der Waals surface area contributed by atoms with E-state index in [4.69, 9.17) is 0 Å². The zero-order chi connectivity index (χ0) is 11.4. The van der Waals surface area contributed by atoms with Crippen LogP contribution in [0.2, 0.25) is 0 Å². The zero-order valence-corrected chi connectivity index (χ0v) is 9.26. The number of alkyl halides is 2. The lowest BCUT2D eigenvalue weighted by molar-refractivity contribution is -0.0601. The first-order valence-corrected chi connectivity index (χ1v) is 5.81. The van der Waals surface area contributed by atoms with E-state index in [-0.39, 0.29) is 6.42 Å². The molecule has 0 amide bonds. The average Bonchev–Trinajstić information content (AvgIpc) is 2.43. The van der Waals surface area contributed by atoms with Gasteiger partial charge in [-0.25, -0.2) is 8.78 Å². The van der Waals surface area contributed by atoms with Crippen LogP contribution in [0.25, 0.3) is 0 Å². The van der Waals surface area contributed by atoms with Gasteiger partial charge in [0.1, 0.15) is 0 Å². The second-order valence-electron chi connectivity index (χ2n) is 4.44. The highest BCUT2D eigenvalue weighted by atomic mass is 19.3. The molecule has 0 aromatic heterocycles. The Labute approximate surface area is 94.9 Å². The van der Waals surface area contributed by atoms with Crippen LogP contribution in [0.15, 0.2) is 30.3 Å². The summed E-state index contributed by atoms with van der Waals surface area (Å²) in [6, 6.07) is 9.57. The number of nitrogens with one attached hydrogen (secondary N) is 1. The molecule has 0 radical (unpaired) electrons. The SMILES string of the molecule is FC1(F)CCNCCC1Cc1ccccc1. The van der Waals surface area contributed by atoms with Crippen LogP contribution in [0.1, 0.15) is 18.4 Å². The van der Waals surface area contributed by atoms with Crippen molar-refractivity contribution in [3.8, 4) is 0 Å². The van der Waals surface area contributed by atoms with Crippen molar-refractivity contribution in [3.05, 3.63) is 35.9 Å². The molecule has 1 aliphatic heterocycles. The molecule has 2 rings (SSSR count). The predicted octanol–water partition coefficient (Wildman–Crippen LogP) is 2.86. The van der Waals surface area contributed by atoms with Crippen molar-refractivity contribution in [2.24, 2.45) is 5.92 Å². The molecule has 0 aliphatic carbocycles. The number of hydrogen-bond acceptors (Lipinski definition) is 1. The Morgan fingerprint density at radius 2 is 1.94 bits per heavy atom. The first-order chi connectivity index (χ1) is 7.68. The molecule has 0 saturated carbocycles. The Bertz CT molecular complexity index is 324. The van der Waals surface area contributed by atoms with E-state index < -0.39 is 11.8 Å². The molecular weight excluding hydrogens is 208 g/mol. The van der Waals surface area contributed by atoms with Gasteiger partial charge in [0, 0.05) is 18.9 Å². The van der Waals surface area contributed by atoms with E-state index >= 15 is 0 Å². The Kier molecular flexibility index (Phi) is 3.54. The van der Waals surface area contributed by atoms with E-state index in [0.717, 1.165) is 5.56 Å². The van der Waals surface area contributed by atoms with Crippen LogP contribution in [0, 0.1) is 5.92 Å². The molecule has 1 saturated heterocycles. The summed E-state index contributed by atoms with van der Waals surface area (Å²) in [4.78, 5) is 0. The van der Waals surface area contributed by atoms with Crippen molar-refractivity contribution >= 4 is 0 Å². The molecule has 0 bridgehead atoms. The fourth-order valence-corrected chi connectivity index (χ4v) is 2.22. The lowest BCUT2D eigenvalue weighted by Gasteiger charge is -2.24. The van der Waals surface area contributed by atoms with Crippen LogP contribution >= 0.6 is 0 Å². The van der Waals surface area contributed by atoms with Gasteiger partial charge in [-0.2, -0.15) is 0 Å². The monoisotopic (exact) mass is 225 g/mol. The summed E-state index contributed by atoms with van der Waals surface area (Å²) < 4.78 is 27.5. The van der Waals surface area contributed by atoms with Crippen LogP contribution in [0.4, 0.5) is 8.78 Å². The van der Waals surface area contributed by atoms with Crippen molar-refractivity contribution in [1.29, 1.82) is 0 Å². The highest BCUT2D eigenvalue weighted by Gasteiger charge is 2.39. The molecule has 1 atom stereocenters. The molecule has 3 heteroatoms. The molecule has 0 spiro atoms. The molecule has 1 aliphatic rings. The smallest absolute Gasteiger partial charge is 0.252 e. The van der Waals surface area contributed by atoms with Crippen LogP contribution in [0.3, 0.4) is 0 Å². The molecule has 1 N–H and O–H groups in total. The van der Waals surface area contributed by atoms with Crippen molar-refractivity contribution in [2.45, 2.75) is 25.2 Å². The first kappa shape index (κ1) is 11.5. The van der Waals surface area contributed by atoms with Crippen LogP contribution < -0.4 is 5.32 Å². The normalized spacial score (nSPS) is 25.0. The third kappa shape index (κ3) is 2.79. The molecule has 88 valence electrons. The molecule has 1 fully saturated rings. The number of halogens is 2. The van der Waals surface area contributed by atoms with Crippen LogP contribution in [0.5, 0.6) is 0 Å². The fraction of sp³-hybridized carbons (Fsp3) is 0.538. The number of rotatable bonds is 2. The standard InChI is InChI=1S/C13H17F2N/c14-13(15)7-9-16-8-6-12(13)10-11-4-2-1-3-5-11/h1-5,12,16H,6-10H2. The van der Waals surface area contributed by atoms with E-state index in [0.29, 0.717) is 25.9 Å². The maximum absolute atomic E-state index is 13.8.